The van der Waals surface area contributed by atoms with Crippen LogP contribution in [-0.2, 0) is 22.4 Å². The monoisotopic (exact) mass is 420 g/mol. The minimum atomic E-state index is -0.391. The van der Waals surface area contributed by atoms with Crippen LogP contribution in [0.1, 0.15) is 43.6 Å². The summed E-state index contributed by atoms with van der Waals surface area (Å²) in [5, 5.41) is 0. The molecule has 3 rings (SSSR count). The standard InChI is InChI=1S/C21H22BrFO3/c1-4-25-19(24)9-13-6-8-16(23)11-18(13)26-20-17-10-15(22)7-5-14(17)12-21(20,2)3/h5-8,10-11,20H,4,9,12H2,1-3H3. The van der Waals surface area contributed by atoms with Crippen LogP contribution in [0.4, 0.5) is 4.39 Å². The van der Waals surface area contributed by atoms with E-state index < -0.39 is 5.82 Å². The minimum Gasteiger partial charge on any atom is -0.485 e. The van der Waals surface area contributed by atoms with Crippen LogP contribution in [0.2, 0.25) is 0 Å². The summed E-state index contributed by atoms with van der Waals surface area (Å²) >= 11 is 3.51. The van der Waals surface area contributed by atoms with Gasteiger partial charge in [-0.1, -0.05) is 41.9 Å². The summed E-state index contributed by atoms with van der Waals surface area (Å²) in [6.07, 6.45) is 0.711. The highest BCUT2D eigenvalue weighted by Gasteiger charge is 2.41. The fourth-order valence-electron chi connectivity index (χ4n) is 3.48. The zero-order valence-corrected chi connectivity index (χ0v) is 16.7. The molecule has 5 heteroatoms. The molecule has 0 radical (unpaired) electrons. The van der Waals surface area contributed by atoms with Crippen molar-refractivity contribution in [1.82, 2.24) is 0 Å². The first kappa shape index (κ1) is 18.9. The molecule has 0 aromatic heterocycles. The molecule has 0 heterocycles. The van der Waals surface area contributed by atoms with Gasteiger partial charge in [0.15, 0.2) is 0 Å². The van der Waals surface area contributed by atoms with Crippen molar-refractivity contribution in [3.8, 4) is 5.75 Å². The summed E-state index contributed by atoms with van der Waals surface area (Å²) in [5.41, 5.74) is 2.81. The van der Waals surface area contributed by atoms with Crippen LogP contribution in [0.25, 0.3) is 0 Å². The van der Waals surface area contributed by atoms with Gasteiger partial charge in [-0.15, -0.1) is 0 Å². The van der Waals surface area contributed by atoms with Crippen LogP contribution >= 0.6 is 15.9 Å². The highest BCUT2D eigenvalue weighted by Crippen LogP contribution is 2.48. The fourth-order valence-corrected chi connectivity index (χ4v) is 3.86. The maximum absolute atomic E-state index is 13.9. The molecule has 3 nitrogen and oxygen atoms in total. The second-order valence-corrected chi connectivity index (χ2v) is 8.16. The summed E-state index contributed by atoms with van der Waals surface area (Å²) < 4.78 is 26.1. The Morgan fingerprint density at radius 3 is 2.77 bits per heavy atom. The van der Waals surface area contributed by atoms with Crippen molar-refractivity contribution >= 4 is 21.9 Å². The summed E-state index contributed by atoms with van der Waals surface area (Å²) in [7, 11) is 0. The molecule has 0 spiro atoms. The van der Waals surface area contributed by atoms with Gasteiger partial charge in [0, 0.05) is 21.5 Å². The van der Waals surface area contributed by atoms with Crippen molar-refractivity contribution in [2.75, 3.05) is 6.61 Å². The molecule has 0 fully saturated rings. The van der Waals surface area contributed by atoms with E-state index in [0.29, 0.717) is 17.9 Å². The van der Waals surface area contributed by atoms with Gasteiger partial charge in [-0.3, -0.25) is 4.79 Å². The van der Waals surface area contributed by atoms with Crippen LogP contribution in [0, 0.1) is 11.2 Å². The first-order valence-corrected chi connectivity index (χ1v) is 9.48. The number of carbonyl (C=O) groups excluding carboxylic acids is 1. The molecule has 138 valence electrons. The number of carbonyl (C=O) groups is 1. The van der Waals surface area contributed by atoms with Gasteiger partial charge in [0.05, 0.1) is 13.0 Å². The number of ether oxygens (including phenoxy) is 2. The zero-order chi connectivity index (χ0) is 18.9. The second-order valence-electron chi connectivity index (χ2n) is 7.24. The second kappa shape index (κ2) is 7.39. The summed E-state index contributed by atoms with van der Waals surface area (Å²) in [4.78, 5) is 11.9. The third kappa shape index (κ3) is 3.93. The highest BCUT2D eigenvalue weighted by molar-refractivity contribution is 9.10. The lowest BCUT2D eigenvalue weighted by Crippen LogP contribution is -2.23. The zero-order valence-electron chi connectivity index (χ0n) is 15.1. The molecule has 0 saturated carbocycles. The van der Waals surface area contributed by atoms with Crippen molar-refractivity contribution in [3.63, 3.8) is 0 Å². The Hall–Kier alpha value is -1.88. The molecular formula is C21H22BrFO3. The molecule has 0 saturated heterocycles. The van der Waals surface area contributed by atoms with Gasteiger partial charge < -0.3 is 9.47 Å². The molecule has 2 aromatic rings. The fraction of sp³-hybridized carbons (Fsp3) is 0.381. The molecule has 1 aliphatic carbocycles. The van der Waals surface area contributed by atoms with Crippen molar-refractivity contribution < 1.29 is 18.7 Å². The van der Waals surface area contributed by atoms with E-state index in [2.05, 4.69) is 41.9 Å². The van der Waals surface area contributed by atoms with E-state index in [-0.39, 0.29) is 23.9 Å². The lowest BCUT2D eigenvalue weighted by Gasteiger charge is -2.29. The normalized spacial score (nSPS) is 17.7. The number of hydrogen-bond acceptors (Lipinski definition) is 3. The maximum Gasteiger partial charge on any atom is 0.310 e. The number of fused-ring (bicyclic) bond motifs is 1. The van der Waals surface area contributed by atoms with Crippen molar-refractivity contribution in [1.29, 1.82) is 0 Å². The lowest BCUT2D eigenvalue weighted by molar-refractivity contribution is -0.142. The molecule has 2 aromatic carbocycles. The van der Waals surface area contributed by atoms with Gasteiger partial charge >= 0.3 is 5.97 Å². The van der Waals surface area contributed by atoms with Crippen LogP contribution < -0.4 is 4.74 Å². The Balaban J connectivity index is 1.94. The van der Waals surface area contributed by atoms with E-state index in [9.17, 15) is 9.18 Å². The predicted molar refractivity (Wildman–Crippen MR) is 102 cm³/mol. The molecule has 1 atom stereocenters. The predicted octanol–water partition coefficient (Wildman–Crippen LogP) is 5.40. The maximum atomic E-state index is 13.9. The first-order valence-electron chi connectivity index (χ1n) is 8.69. The molecular weight excluding hydrogens is 399 g/mol. The molecule has 0 bridgehead atoms. The van der Waals surface area contributed by atoms with Gasteiger partial charge in [0.1, 0.15) is 17.7 Å². The van der Waals surface area contributed by atoms with E-state index in [0.717, 1.165) is 16.5 Å². The molecule has 0 aliphatic heterocycles. The van der Waals surface area contributed by atoms with Gasteiger partial charge in [-0.2, -0.15) is 0 Å². The molecule has 26 heavy (non-hydrogen) atoms. The third-order valence-corrected chi connectivity index (χ3v) is 5.15. The Labute approximate surface area is 161 Å². The summed E-state index contributed by atoms with van der Waals surface area (Å²) in [6.45, 7) is 6.34. The summed E-state index contributed by atoms with van der Waals surface area (Å²) in [6, 6.07) is 10.4. The largest absolute Gasteiger partial charge is 0.485 e. The van der Waals surface area contributed by atoms with E-state index >= 15 is 0 Å². The smallest absolute Gasteiger partial charge is 0.310 e. The van der Waals surface area contributed by atoms with Gasteiger partial charge in [-0.05, 0) is 42.7 Å². The first-order chi connectivity index (χ1) is 12.3. The average Bonchev–Trinajstić information content (AvgIpc) is 2.80. The quantitative estimate of drug-likeness (QED) is 0.607. The molecule has 0 N–H and O–H groups in total. The van der Waals surface area contributed by atoms with Crippen LogP contribution in [0.5, 0.6) is 5.75 Å². The van der Waals surface area contributed by atoms with E-state index in [1.165, 1.54) is 17.7 Å². The van der Waals surface area contributed by atoms with Gasteiger partial charge in [0.2, 0.25) is 0 Å². The highest BCUT2D eigenvalue weighted by atomic mass is 79.9. The Morgan fingerprint density at radius 1 is 1.27 bits per heavy atom. The van der Waals surface area contributed by atoms with Crippen molar-refractivity contribution in [2.45, 2.75) is 39.7 Å². The Morgan fingerprint density at radius 2 is 2.04 bits per heavy atom. The number of hydrogen-bond donors (Lipinski definition) is 0. The topological polar surface area (TPSA) is 35.5 Å². The van der Waals surface area contributed by atoms with Gasteiger partial charge in [-0.25, -0.2) is 4.39 Å². The molecule has 1 aliphatic rings. The number of rotatable bonds is 5. The lowest BCUT2D eigenvalue weighted by atomic mass is 9.87. The SMILES string of the molecule is CCOC(=O)Cc1ccc(F)cc1OC1c2cc(Br)ccc2CC1(C)C. The summed E-state index contributed by atoms with van der Waals surface area (Å²) in [5.74, 6) is -0.348. The van der Waals surface area contributed by atoms with E-state index in [4.69, 9.17) is 9.47 Å². The van der Waals surface area contributed by atoms with Crippen molar-refractivity contribution in [3.05, 3.63) is 63.4 Å². The number of halogens is 2. The van der Waals surface area contributed by atoms with Crippen LogP contribution in [0.15, 0.2) is 40.9 Å². The van der Waals surface area contributed by atoms with Crippen LogP contribution in [0.3, 0.4) is 0 Å². The van der Waals surface area contributed by atoms with E-state index in [1.54, 1.807) is 13.0 Å². The average molecular weight is 421 g/mol. The minimum absolute atomic E-state index is 0.0575. The Kier molecular flexibility index (Phi) is 5.37. The third-order valence-electron chi connectivity index (χ3n) is 4.66. The Bertz CT molecular complexity index is 832. The van der Waals surface area contributed by atoms with Crippen molar-refractivity contribution in [2.24, 2.45) is 5.41 Å². The van der Waals surface area contributed by atoms with Crippen LogP contribution in [-0.4, -0.2) is 12.6 Å². The number of benzene rings is 2. The number of esters is 1. The molecule has 1 unspecified atom stereocenters. The van der Waals surface area contributed by atoms with E-state index in [1.807, 2.05) is 6.07 Å². The van der Waals surface area contributed by atoms with Gasteiger partial charge in [0.25, 0.3) is 0 Å². The molecule has 0 amide bonds.